The topological polar surface area (TPSA) is 111 Å². The Hall–Kier alpha value is -2.81. The van der Waals surface area contributed by atoms with E-state index in [1.807, 2.05) is 21.1 Å². The standard InChI is InChI=1S/C90H166NO8P/c1-6-8-10-12-14-16-18-20-22-24-26-28-30-32-34-36-38-40-42-44-45-47-48-50-52-54-56-58-60-62-64-66-68-70-72-74-76-78-80-82-89(92)96-86-88(87-98-100(94,95)97-85-84-91(3,4)5)99-90(93)83-81-79-77-75-73-71-69-67-65-63-61-59-57-55-53-51-49-46-43-41-39-37-35-33-31-29-27-25-23-21-19-17-15-13-11-9-7-2/h9,11,15,17,21,23-24,26-27,29,33,35,39,41,88H,6-8,10,12-14,16,18-20,22,25,28,30-32,34,36-38,40,42-87H2,1-5H3/b11-9-,17-15-,23-21-,26-24-,29-27-,35-33-,41-39-. The van der Waals surface area contributed by atoms with E-state index in [1.54, 1.807) is 0 Å². The van der Waals surface area contributed by atoms with E-state index in [0.29, 0.717) is 17.4 Å². The highest BCUT2D eigenvalue weighted by Gasteiger charge is 2.22. The first kappa shape index (κ1) is 97.2. The number of carbonyl (C=O) groups is 2. The zero-order valence-corrected chi connectivity index (χ0v) is 67.8. The fourth-order valence-corrected chi connectivity index (χ4v) is 13.6. The van der Waals surface area contributed by atoms with Gasteiger partial charge >= 0.3 is 11.9 Å². The number of allylic oxidation sites excluding steroid dienone is 14. The summed E-state index contributed by atoms with van der Waals surface area (Å²) < 4.78 is 34.5. The lowest BCUT2D eigenvalue weighted by Crippen LogP contribution is -2.37. The van der Waals surface area contributed by atoms with Crippen LogP contribution in [0.1, 0.15) is 425 Å². The predicted molar refractivity (Wildman–Crippen MR) is 434 cm³/mol. The number of hydrogen-bond acceptors (Lipinski definition) is 8. The number of rotatable bonds is 81. The molecule has 9 nitrogen and oxygen atoms in total. The van der Waals surface area contributed by atoms with Crippen LogP contribution in [-0.4, -0.2) is 70.0 Å². The number of unbranched alkanes of at least 4 members (excludes halogenated alkanes) is 53. The van der Waals surface area contributed by atoms with E-state index in [9.17, 15) is 19.0 Å². The van der Waals surface area contributed by atoms with E-state index in [2.05, 4.69) is 98.9 Å². The van der Waals surface area contributed by atoms with Gasteiger partial charge in [0.05, 0.1) is 27.7 Å². The van der Waals surface area contributed by atoms with Crippen molar-refractivity contribution in [1.82, 2.24) is 0 Å². The highest BCUT2D eigenvalue weighted by Crippen LogP contribution is 2.38. The summed E-state index contributed by atoms with van der Waals surface area (Å²) in [6.07, 6.45) is 112. The largest absolute Gasteiger partial charge is 0.756 e. The molecule has 0 aliphatic carbocycles. The molecule has 0 aliphatic rings. The van der Waals surface area contributed by atoms with E-state index in [1.165, 1.54) is 315 Å². The maximum Gasteiger partial charge on any atom is 0.306 e. The fourth-order valence-electron chi connectivity index (χ4n) is 12.8. The Kier molecular flexibility index (Phi) is 78.0. The zero-order chi connectivity index (χ0) is 72.5. The summed E-state index contributed by atoms with van der Waals surface area (Å²) in [5.74, 6) is -0.812. The first-order valence-corrected chi connectivity index (χ1v) is 44.8. The van der Waals surface area contributed by atoms with Gasteiger partial charge in [-0.3, -0.25) is 14.2 Å². The van der Waals surface area contributed by atoms with Crippen molar-refractivity contribution in [3.8, 4) is 0 Å². The third kappa shape index (κ3) is 84.1. The SMILES string of the molecule is CC/C=C\C/C=C\C/C=C\C/C=C\C/C=C\C/C=C\CCCCCCCCCCCCCCCCCCCCC(=O)OC(COC(=O)CCCCCCCCCCCCCCCCCCCCCCCCCCCCC/C=C\CCCCCCCCCC)COP(=O)([O-])OCC[N+](C)(C)C. The third-order valence-corrected chi connectivity index (χ3v) is 20.4. The second kappa shape index (κ2) is 80.3. The first-order chi connectivity index (χ1) is 49.0. The van der Waals surface area contributed by atoms with Gasteiger partial charge in [0.1, 0.15) is 19.8 Å². The number of phosphoric ester groups is 1. The van der Waals surface area contributed by atoms with Crippen molar-refractivity contribution in [3.05, 3.63) is 85.1 Å². The smallest absolute Gasteiger partial charge is 0.306 e. The fraction of sp³-hybridized carbons (Fsp3) is 0.822. The minimum absolute atomic E-state index is 0.0298. The van der Waals surface area contributed by atoms with Crippen LogP contribution in [-0.2, 0) is 32.7 Å². The van der Waals surface area contributed by atoms with Crippen LogP contribution in [0.15, 0.2) is 85.1 Å². The Morgan fingerprint density at radius 3 is 0.860 bits per heavy atom. The molecule has 0 aliphatic heterocycles. The van der Waals surface area contributed by atoms with Gasteiger partial charge < -0.3 is 27.9 Å². The molecule has 0 bridgehead atoms. The minimum atomic E-state index is -4.65. The quantitative estimate of drug-likeness (QED) is 0.0195. The molecule has 0 spiro atoms. The molecule has 0 saturated carbocycles. The van der Waals surface area contributed by atoms with Gasteiger partial charge in [-0.25, -0.2) is 0 Å². The van der Waals surface area contributed by atoms with E-state index in [-0.39, 0.29) is 32.0 Å². The van der Waals surface area contributed by atoms with Gasteiger partial charge in [-0.15, -0.1) is 0 Å². The molecule has 2 atom stereocenters. The van der Waals surface area contributed by atoms with Crippen LogP contribution >= 0.6 is 7.82 Å². The number of ether oxygens (including phenoxy) is 2. The lowest BCUT2D eigenvalue weighted by molar-refractivity contribution is -0.870. The van der Waals surface area contributed by atoms with Crippen LogP contribution < -0.4 is 4.89 Å². The Labute approximate surface area is 621 Å². The molecule has 0 aromatic rings. The lowest BCUT2D eigenvalue weighted by Gasteiger charge is -2.28. The van der Waals surface area contributed by atoms with Crippen LogP contribution in [0, 0.1) is 0 Å². The van der Waals surface area contributed by atoms with Crippen LogP contribution in [0.5, 0.6) is 0 Å². The number of quaternary nitrogens is 1. The molecule has 0 heterocycles. The molecule has 0 aromatic heterocycles. The molecule has 0 saturated heterocycles. The zero-order valence-electron chi connectivity index (χ0n) is 66.9. The normalized spacial score (nSPS) is 13.4. The second-order valence-corrected chi connectivity index (χ2v) is 31.9. The molecule has 10 heteroatoms. The van der Waals surface area contributed by atoms with Crippen LogP contribution in [0.2, 0.25) is 0 Å². The summed E-state index contributed by atoms with van der Waals surface area (Å²) >= 11 is 0. The van der Waals surface area contributed by atoms with Gasteiger partial charge in [0.25, 0.3) is 7.82 Å². The third-order valence-electron chi connectivity index (χ3n) is 19.4. The molecule has 0 aromatic carbocycles. The number of likely N-dealkylation sites (N-methyl/N-ethyl adjacent to an activating group) is 1. The minimum Gasteiger partial charge on any atom is -0.756 e. The predicted octanol–water partition coefficient (Wildman–Crippen LogP) is 28.5. The maximum atomic E-state index is 12.9. The summed E-state index contributed by atoms with van der Waals surface area (Å²) in [5.41, 5.74) is 0. The molecular formula is C90H166NO8P. The molecule has 0 fully saturated rings. The van der Waals surface area contributed by atoms with Gasteiger partial charge in [-0.1, -0.05) is 407 Å². The van der Waals surface area contributed by atoms with Gasteiger partial charge in [0.15, 0.2) is 6.10 Å². The number of hydrogen-bond donors (Lipinski definition) is 0. The molecular weight excluding hydrogens is 1250 g/mol. The van der Waals surface area contributed by atoms with Crippen molar-refractivity contribution < 1.29 is 42.1 Å². The van der Waals surface area contributed by atoms with E-state index >= 15 is 0 Å². The number of phosphoric acid groups is 1. The maximum absolute atomic E-state index is 12.9. The number of nitrogens with zero attached hydrogens (tertiary/aromatic N) is 1. The molecule has 0 rings (SSSR count). The highest BCUT2D eigenvalue weighted by atomic mass is 31.2. The van der Waals surface area contributed by atoms with E-state index in [0.717, 1.165) is 77.0 Å². The first-order valence-electron chi connectivity index (χ1n) is 43.3. The average Bonchev–Trinajstić information content (AvgIpc) is 1.02. The van der Waals surface area contributed by atoms with Crippen LogP contribution in [0.25, 0.3) is 0 Å². The molecule has 100 heavy (non-hydrogen) atoms. The Balaban J connectivity index is 3.88. The summed E-state index contributed by atoms with van der Waals surface area (Å²) in [6, 6.07) is 0. The average molecular weight is 1420 g/mol. The van der Waals surface area contributed by atoms with Crippen LogP contribution in [0.4, 0.5) is 0 Å². The monoisotopic (exact) mass is 1420 g/mol. The summed E-state index contributed by atoms with van der Waals surface area (Å²) in [5, 5.41) is 0. The molecule has 0 N–H and O–H groups in total. The van der Waals surface area contributed by atoms with Crippen molar-refractivity contribution in [1.29, 1.82) is 0 Å². The summed E-state index contributed by atoms with van der Waals surface area (Å²) in [6.45, 7) is 4.19. The van der Waals surface area contributed by atoms with Crippen molar-refractivity contribution in [3.63, 3.8) is 0 Å². The second-order valence-electron chi connectivity index (χ2n) is 30.5. The van der Waals surface area contributed by atoms with Gasteiger partial charge in [0, 0.05) is 12.8 Å². The summed E-state index contributed by atoms with van der Waals surface area (Å²) in [7, 11) is 1.18. The summed E-state index contributed by atoms with van der Waals surface area (Å²) in [4.78, 5) is 38.2. The van der Waals surface area contributed by atoms with Crippen molar-refractivity contribution in [2.24, 2.45) is 0 Å². The molecule has 0 radical (unpaired) electrons. The van der Waals surface area contributed by atoms with Crippen molar-refractivity contribution in [2.75, 3.05) is 47.5 Å². The Bertz CT molecular complexity index is 1970. The van der Waals surface area contributed by atoms with Crippen molar-refractivity contribution in [2.45, 2.75) is 431 Å². The van der Waals surface area contributed by atoms with Gasteiger partial charge in [-0.05, 0) is 89.9 Å². The van der Waals surface area contributed by atoms with E-state index < -0.39 is 26.5 Å². The van der Waals surface area contributed by atoms with Crippen LogP contribution in [0.3, 0.4) is 0 Å². The molecule has 2 unspecified atom stereocenters. The number of esters is 2. The van der Waals surface area contributed by atoms with Gasteiger partial charge in [-0.2, -0.15) is 0 Å². The Morgan fingerprint density at radius 2 is 0.570 bits per heavy atom. The Morgan fingerprint density at radius 1 is 0.320 bits per heavy atom. The van der Waals surface area contributed by atoms with E-state index in [4.69, 9.17) is 18.5 Å². The van der Waals surface area contributed by atoms with Gasteiger partial charge in [0.2, 0.25) is 0 Å². The molecule has 0 amide bonds. The number of carbonyl (C=O) groups excluding carboxylic acids is 2. The lowest BCUT2D eigenvalue weighted by atomic mass is 10.0. The highest BCUT2D eigenvalue weighted by molar-refractivity contribution is 7.45. The molecule has 584 valence electrons. The van der Waals surface area contributed by atoms with Crippen molar-refractivity contribution >= 4 is 19.8 Å².